The first-order chi connectivity index (χ1) is 9.51. The Morgan fingerprint density at radius 3 is 2.85 bits per heavy atom. The average Bonchev–Trinajstić information content (AvgIpc) is 3.04. The number of aryl methyl sites for hydroxylation is 2. The maximum atomic E-state index is 12.1. The minimum absolute atomic E-state index is 0.0129. The number of rotatable bonds is 2. The zero-order valence-corrected chi connectivity index (χ0v) is 11.9. The van der Waals surface area contributed by atoms with E-state index in [0.29, 0.717) is 6.54 Å². The summed E-state index contributed by atoms with van der Waals surface area (Å²) in [5, 5.41) is 12.2. The number of fused-ring (bicyclic) bond motifs is 1. The maximum Gasteiger partial charge on any atom is 0.319 e. The number of nitrogens with zero attached hydrogens (tertiary/aromatic N) is 2. The van der Waals surface area contributed by atoms with Crippen LogP contribution in [0.15, 0.2) is 18.2 Å². The normalized spacial score (nSPS) is 21.6. The summed E-state index contributed by atoms with van der Waals surface area (Å²) in [5.74, 6) is 0. The lowest BCUT2D eigenvalue weighted by Gasteiger charge is -2.27. The van der Waals surface area contributed by atoms with Crippen LogP contribution in [0.5, 0.6) is 0 Å². The first kappa shape index (κ1) is 13.0. The fraction of sp³-hybridized carbons (Fsp3) is 0.500. The molecule has 4 heteroatoms. The second kappa shape index (κ2) is 4.52. The van der Waals surface area contributed by atoms with Crippen molar-refractivity contribution in [3.05, 3.63) is 34.9 Å². The number of amides is 2. The van der Waals surface area contributed by atoms with Crippen LogP contribution in [0, 0.1) is 11.3 Å². The van der Waals surface area contributed by atoms with E-state index in [1.165, 1.54) is 24.0 Å². The lowest BCUT2D eigenvalue weighted by Crippen LogP contribution is -2.44. The third-order valence-corrected chi connectivity index (χ3v) is 4.38. The summed E-state index contributed by atoms with van der Waals surface area (Å²) in [4.78, 5) is 13.7. The van der Waals surface area contributed by atoms with E-state index in [1.807, 2.05) is 0 Å². The molecule has 1 aromatic carbocycles. The van der Waals surface area contributed by atoms with Gasteiger partial charge in [-0.15, -0.1) is 0 Å². The van der Waals surface area contributed by atoms with Crippen LogP contribution >= 0.6 is 0 Å². The number of benzene rings is 1. The molecule has 0 saturated carbocycles. The highest BCUT2D eigenvalue weighted by Crippen LogP contribution is 2.29. The summed E-state index contributed by atoms with van der Waals surface area (Å²) in [6.07, 6.45) is 3.53. The molecule has 1 heterocycles. The molecule has 1 N–H and O–H groups in total. The van der Waals surface area contributed by atoms with E-state index in [-0.39, 0.29) is 12.1 Å². The molecular formula is C16H19N3O. The topological polar surface area (TPSA) is 56.1 Å². The van der Waals surface area contributed by atoms with Crippen LogP contribution in [0.3, 0.4) is 0 Å². The highest BCUT2D eigenvalue weighted by molar-refractivity contribution is 5.78. The quantitative estimate of drug-likeness (QED) is 0.897. The molecule has 4 nitrogen and oxygen atoms in total. The fourth-order valence-corrected chi connectivity index (χ4v) is 3.08. The van der Waals surface area contributed by atoms with Gasteiger partial charge < -0.3 is 10.2 Å². The monoisotopic (exact) mass is 269 g/mol. The number of nitrogens with one attached hydrogen (secondary N) is 1. The molecule has 1 aromatic rings. The van der Waals surface area contributed by atoms with E-state index in [0.717, 1.165) is 12.0 Å². The third kappa shape index (κ3) is 2.03. The predicted molar refractivity (Wildman–Crippen MR) is 76.1 cm³/mol. The van der Waals surface area contributed by atoms with Gasteiger partial charge in [0.25, 0.3) is 0 Å². The molecule has 1 saturated heterocycles. The van der Waals surface area contributed by atoms with E-state index >= 15 is 0 Å². The number of hydrogen-bond acceptors (Lipinski definition) is 2. The predicted octanol–water partition coefficient (Wildman–Crippen LogP) is 2.54. The van der Waals surface area contributed by atoms with Gasteiger partial charge in [0.2, 0.25) is 0 Å². The number of carbonyl (C=O) groups is 1. The SMILES string of the molecule is CC(C)(C#N)N1CC(c2ccc3c(c2)CCC3)NC1=O. The summed E-state index contributed by atoms with van der Waals surface area (Å²) < 4.78 is 0. The van der Waals surface area contributed by atoms with Crippen molar-refractivity contribution >= 4 is 6.03 Å². The van der Waals surface area contributed by atoms with Crippen molar-refractivity contribution < 1.29 is 4.79 Å². The van der Waals surface area contributed by atoms with E-state index in [1.54, 1.807) is 18.7 Å². The van der Waals surface area contributed by atoms with Crippen molar-refractivity contribution in [3.63, 3.8) is 0 Å². The summed E-state index contributed by atoms with van der Waals surface area (Å²) in [5.41, 5.74) is 3.23. The van der Waals surface area contributed by atoms with E-state index < -0.39 is 5.54 Å². The van der Waals surface area contributed by atoms with Gasteiger partial charge in [0, 0.05) is 6.54 Å². The smallest absolute Gasteiger partial charge is 0.319 e. The Balaban J connectivity index is 1.84. The van der Waals surface area contributed by atoms with E-state index in [4.69, 9.17) is 0 Å². The lowest BCUT2D eigenvalue weighted by atomic mass is 10.0. The third-order valence-electron chi connectivity index (χ3n) is 4.38. The molecule has 0 bridgehead atoms. The van der Waals surface area contributed by atoms with Crippen molar-refractivity contribution in [3.8, 4) is 6.07 Å². The van der Waals surface area contributed by atoms with E-state index in [2.05, 4.69) is 29.6 Å². The van der Waals surface area contributed by atoms with Gasteiger partial charge in [0.1, 0.15) is 5.54 Å². The number of hydrogen-bond donors (Lipinski definition) is 1. The highest BCUT2D eigenvalue weighted by Gasteiger charge is 2.39. The first-order valence-corrected chi connectivity index (χ1v) is 7.12. The molecule has 0 radical (unpaired) electrons. The van der Waals surface area contributed by atoms with Crippen molar-refractivity contribution in [1.29, 1.82) is 5.26 Å². The van der Waals surface area contributed by atoms with Gasteiger partial charge >= 0.3 is 6.03 Å². The van der Waals surface area contributed by atoms with Crippen LogP contribution in [-0.2, 0) is 12.8 Å². The van der Waals surface area contributed by atoms with Crippen LogP contribution in [0.1, 0.15) is 43.0 Å². The molecule has 0 aromatic heterocycles. The second-order valence-electron chi connectivity index (χ2n) is 6.17. The zero-order chi connectivity index (χ0) is 14.3. The molecule has 3 rings (SSSR count). The maximum absolute atomic E-state index is 12.1. The van der Waals surface area contributed by atoms with Gasteiger partial charge in [-0.3, -0.25) is 0 Å². The van der Waals surface area contributed by atoms with Crippen molar-refractivity contribution in [2.24, 2.45) is 0 Å². The van der Waals surface area contributed by atoms with Gasteiger partial charge in [-0.25, -0.2) is 4.79 Å². The van der Waals surface area contributed by atoms with Crippen LogP contribution in [-0.4, -0.2) is 23.0 Å². The van der Waals surface area contributed by atoms with Crippen LogP contribution in [0.4, 0.5) is 4.79 Å². The molecule has 1 aliphatic carbocycles. The molecule has 104 valence electrons. The van der Waals surface area contributed by atoms with E-state index in [9.17, 15) is 10.1 Å². The van der Waals surface area contributed by atoms with Crippen LogP contribution in [0.25, 0.3) is 0 Å². The number of nitriles is 1. The Morgan fingerprint density at radius 1 is 1.35 bits per heavy atom. The van der Waals surface area contributed by atoms with Gasteiger partial charge in [0.05, 0.1) is 12.1 Å². The minimum atomic E-state index is -0.768. The zero-order valence-electron chi connectivity index (χ0n) is 11.9. The molecule has 1 fully saturated rings. The minimum Gasteiger partial charge on any atom is -0.329 e. The highest BCUT2D eigenvalue weighted by atomic mass is 16.2. The molecule has 2 aliphatic rings. The lowest BCUT2D eigenvalue weighted by molar-refractivity contribution is 0.186. The molecule has 20 heavy (non-hydrogen) atoms. The Kier molecular flexibility index (Phi) is 2.93. The van der Waals surface area contributed by atoms with Crippen molar-refractivity contribution in [2.75, 3.05) is 6.54 Å². The Bertz CT molecular complexity index is 600. The van der Waals surface area contributed by atoms with Gasteiger partial charge in [0.15, 0.2) is 0 Å². The first-order valence-electron chi connectivity index (χ1n) is 7.12. The van der Waals surface area contributed by atoms with Crippen molar-refractivity contribution in [1.82, 2.24) is 10.2 Å². The van der Waals surface area contributed by atoms with Crippen LogP contribution < -0.4 is 5.32 Å². The molecule has 0 spiro atoms. The van der Waals surface area contributed by atoms with Gasteiger partial charge in [-0.1, -0.05) is 18.2 Å². The summed E-state index contributed by atoms with van der Waals surface area (Å²) in [7, 11) is 0. The molecule has 2 amide bonds. The summed E-state index contributed by atoms with van der Waals surface area (Å²) >= 11 is 0. The summed E-state index contributed by atoms with van der Waals surface area (Å²) in [6, 6.07) is 8.54. The van der Waals surface area contributed by atoms with Gasteiger partial charge in [-0.2, -0.15) is 5.26 Å². The Morgan fingerprint density at radius 2 is 2.10 bits per heavy atom. The molecule has 1 aliphatic heterocycles. The largest absolute Gasteiger partial charge is 0.329 e. The van der Waals surface area contributed by atoms with Crippen LogP contribution in [0.2, 0.25) is 0 Å². The fourth-order valence-electron chi connectivity index (χ4n) is 3.08. The molecule has 1 unspecified atom stereocenters. The molecular weight excluding hydrogens is 250 g/mol. The number of carbonyl (C=O) groups excluding carboxylic acids is 1. The average molecular weight is 269 g/mol. The van der Waals surface area contributed by atoms with Gasteiger partial charge in [-0.05, 0) is 49.8 Å². The Hall–Kier alpha value is -2.02. The van der Waals surface area contributed by atoms with Crippen molar-refractivity contribution in [2.45, 2.75) is 44.7 Å². The Labute approximate surface area is 119 Å². The standard InChI is InChI=1S/C16H19N3O/c1-16(2,10-17)19-9-14(18-15(19)20)13-7-6-11-4-3-5-12(11)8-13/h6-8,14H,3-5,9H2,1-2H3,(H,18,20). The second-order valence-corrected chi connectivity index (χ2v) is 6.17. The number of urea groups is 1. The molecule has 1 atom stereocenters. The summed E-state index contributed by atoms with van der Waals surface area (Å²) in [6.45, 7) is 4.10.